The predicted molar refractivity (Wildman–Crippen MR) is 80.7 cm³/mol. The molecule has 0 fully saturated rings. The minimum atomic E-state index is -2.91. The zero-order chi connectivity index (χ0) is 14.5. The van der Waals surface area contributed by atoms with Crippen molar-refractivity contribution in [1.82, 2.24) is 4.90 Å². The lowest BCUT2D eigenvalue weighted by Crippen LogP contribution is -2.35. The third-order valence-electron chi connectivity index (χ3n) is 3.20. The van der Waals surface area contributed by atoms with Crippen LogP contribution in [-0.2, 0) is 16.4 Å². The first-order chi connectivity index (χ1) is 8.84. The Morgan fingerprint density at radius 1 is 1.32 bits per heavy atom. The molecule has 19 heavy (non-hydrogen) atoms. The molecule has 1 aromatic rings. The van der Waals surface area contributed by atoms with Crippen molar-refractivity contribution in [3.63, 3.8) is 0 Å². The van der Waals surface area contributed by atoms with Crippen LogP contribution in [0, 0.1) is 0 Å². The summed E-state index contributed by atoms with van der Waals surface area (Å²) in [6.07, 6.45) is 0. The first-order valence-corrected chi connectivity index (χ1v) is 8.45. The Balaban J connectivity index is 2.69. The van der Waals surface area contributed by atoms with Crippen LogP contribution in [0.5, 0.6) is 0 Å². The van der Waals surface area contributed by atoms with Crippen LogP contribution in [0.4, 0.5) is 5.69 Å². The topological polar surface area (TPSA) is 63.4 Å². The van der Waals surface area contributed by atoms with Crippen molar-refractivity contribution in [2.24, 2.45) is 0 Å². The van der Waals surface area contributed by atoms with Crippen LogP contribution in [0.1, 0.15) is 26.3 Å². The van der Waals surface area contributed by atoms with Crippen LogP contribution in [-0.4, -0.2) is 37.4 Å². The smallest absolute Gasteiger partial charge is 0.151 e. The van der Waals surface area contributed by atoms with Crippen molar-refractivity contribution in [3.8, 4) is 0 Å². The summed E-state index contributed by atoms with van der Waals surface area (Å²) in [4.78, 5) is 2.15. The van der Waals surface area contributed by atoms with Gasteiger partial charge in [-0.2, -0.15) is 0 Å². The molecule has 1 rings (SSSR count). The van der Waals surface area contributed by atoms with Gasteiger partial charge < -0.3 is 5.73 Å². The largest absolute Gasteiger partial charge is 0.399 e. The zero-order valence-electron chi connectivity index (χ0n) is 12.0. The van der Waals surface area contributed by atoms with Gasteiger partial charge >= 0.3 is 0 Å². The highest BCUT2D eigenvalue weighted by Crippen LogP contribution is 2.12. The molecule has 0 saturated carbocycles. The van der Waals surface area contributed by atoms with Crippen LogP contribution in [0.2, 0.25) is 0 Å². The molecule has 4 nitrogen and oxygen atoms in total. The third-order valence-corrected chi connectivity index (χ3v) is 4.88. The number of nitrogens with two attached hydrogens (primary N) is 1. The fourth-order valence-corrected chi connectivity index (χ4v) is 2.65. The van der Waals surface area contributed by atoms with Gasteiger partial charge in [-0.05, 0) is 31.5 Å². The molecular formula is C14H24N2O2S. The van der Waals surface area contributed by atoms with Crippen molar-refractivity contribution >= 4 is 15.5 Å². The quantitative estimate of drug-likeness (QED) is 0.777. The van der Waals surface area contributed by atoms with E-state index in [0.717, 1.165) is 17.8 Å². The molecule has 0 radical (unpaired) electrons. The SMILES string of the molecule is CCS(=O)(=O)CCN(Cc1cccc(N)c1)C(C)C. The van der Waals surface area contributed by atoms with Crippen molar-refractivity contribution in [2.45, 2.75) is 33.4 Å². The van der Waals surface area contributed by atoms with Gasteiger partial charge in [-0.25, -0.2) is 8.42 Å². The molecule has 108 valence electrons. The summed E-state index contributed by atoms with van der Waals surface area (Å²) in [6, 6.07) is 8.02. The number of hydrogen-bond donors (Lipinski definition) is 1. The minimum absolute atomic E-state index is 0.206. The van der Waals surface area contributed by atoms with Crippen molar-refractivity contribution in [1.29, 1.82) is 0 Å². The van der Waals surface area contributed by atoms with Gasteiger partial charge in [0.2, 0.25) is 0 Å². The van der Waals surface area contributed by atoms with E-state index in [4.69, 9.17) is 5.73 Å². The van der Waals surface area contributed by atoms with Crippen LogP contribution in [0.15, 0.2) is 24.3 Å². The summed E-state index contributed by atoms with van der Waals surface area (Å²) in [5.41, 5.74) is 7.61. The monoisotopic (exact) mass is 284 g/mol. The number of hydrogen-bond acceptors (Lipinski definition) is 4. The molecule has 0 aliphatic heterocycles. The zero-order valence-corrected chi connectivity index (χ0v) is 12.8. The van der Waals surface area contributed by atoms with Crippen LogP contribution in [0.25, 0.3) is 0 Å². The molecule has 0 unspecified atom stereocenters. The van der Waals surface area contributed by atoms with Gasteiger partial charge in [0, 0.05) is 30.6 Å². The molecule has 0 saturated heterocycles. The molecule has 0 aromatic heterocycles. The van der Waals surface area contributed by atoms with E-state index in [0.29, 0.717) is 12.6 Å². The first-order valence-electron chi connectivity index (χ1n) is 6.63. The van der Waals surface area contributed by atoms with E-state index in [1.807, 2.05) is 24.3 Å². The number of nitrogens with zero attached hydrogens (tertiary/aromatic N) is 1. The summed E-state index contributed by atoms with van der Waals surface area (Å²) in [7, 11) is -2.91. The Labute approximate surface area is 116 Å². The van der Waals surface area contributed by atoms with Gasteiger partial charge in [0.05, 0.1) is 5.75 Å². The fourth-order valence-electron chi connectivity index (χ4n) is 1.85. The summed E-state index contributed by atoms with van der Waals surface area (Å²) < 4.78 is 23.2. The number of benzene rings is 1. The number of anilines is 1. The van der Waals surface area contributed by atoms with Crippen molar-refractivity contribution < 1.29 is 8.42 Å². The lowest BCUT2D eigenvalue weighted by atomic mass is 10.1. The molecule has 0 amide bonds. The maximum absolute atomic E-state index is 11.6. The lowest BCUT2D eigenvalue weighted by Gasteiger charge is -2.26. The third kappa shape index (κ3) is 5.61. The van der Waals surface area contributed by atoms with Crippen molar-refractivity contribution in [2.75, 3.05) is 23.8 Å². The molecule has 1 aromatic carbocycles. The minimum Gasteiger partial charge on any atom is -0.399 e. The predicted octanol–water partition coefficient (Wildman–Crippen LogP) is 1.91. The highest BCUT2D eigenvalue weighted by molar-refractivity contribution is 7.91. The molecule has 0 bridgehead atoms. The van der Waals surface area contributed by atoms with Gasteiger partial charge in [0.1, 0.15) is 0 Å². The van der Waals surface area contributed by atoms with Gasteiger partial charge in [-0.1, -0.05) is 19.1 Å². The average molecular weight is 284 g/mol. The van der Waals surface area contributed by atoms with E-state index < -0.39 is 9.84 Å². The first kappa shape index (κ1) is 16.0. The molecule has 0 atom stereocenters. The second-order valence-corrected chi connectivity index (χ2v) is 7.52. The van der Waals surface area contributed by atoms with Crippen LogP contribution < -0.4 is 5.73 Å². The molecule has 0 aliphatic carbocycles. The average Bonchev–Trinajstić information content (AvgIpc) is 2.34. The van der Waals surface area contributed by atoms with E-state index in [2.05, 4.69) is 18.7 Å². The summed E-state index contributed by atoms with van der Waals surface area (Å²) in [5.74, 6) is 0.418. The van der Waals surface area contributed by atoms with Crippen LogP contribution in [0.3, 0.4) is 0 Å². The molecule has 0 spiro atoms. The Morgan fingerprint density at radius 3 is 2.53 bits per heavy atom. The Hall–Kier alpha value is -1.07. The van der Waals surface area contributed by atoms with E-state index in [1.54, 1.807) is 6.92 Å². The van der Waals surface area contributed by atoms with Gasteiger partial charge in [0.25, 0.3) is 0 Å². The standard InChI is InChI=1S/C14H24N2O2S/c1-4-19(17,18)9-8-16(12(2)3)11-13-6-5-7-14(15)10-13/h5-7,10,12H,4,8-9,11,15H2,1-3H3. The Kier molecular flexibility index (Phi) is 5.82. The van der Waals surface area contributed by atoms with E-state index in [9.17, 15) is 8.42 Å². The molecular weight excluding hydrogens is 260 g/mol. The summed E-state index contributed by atoms with van der Waals surface area (Å²) in [5, 5.41) is 0. The number of nitrogen functional groups attached to an aromatic ring is 1. The molecule has 2 N–H and O–H groups in total. The van der Waals surface area contributed by atoms with E-state index in [-0.39, 0.29) is 11.5 Å². The van der Waals surface area contributed by atoms with Gasteiger partial charge in [-0.3, -0.25) is 4.90 Å². The Morgan fingerprint density at radius 2 is 2.00 bits per heavy atom. The Bertz CT molecular complexity index is 498. The van der Waals surface area contributed by atoms with Gasteiger partial charge in [-0.15, -0.1) is 0 Å². The van der Waals surface area contributed by atoms with Gasteiger partial charge in [0.15, 0.2) is 9.84 Å². The highest BCUT2D eigenvalue weighted by atomic mass is 32.2. The highest BCUT2D eigenvalue weighted by Gasteiger charge is 2.14. The van der Waals surface area contributed by atoms with E-state index >= 15 is 0 Å². The summed E-state index contributed by atoms with van der Waals surface area (Å²) >= 11 is 0. The fraction of sp³-hybridized carbons (Fsp3) is 0.571. The lowest BCUT2D eigenvalue weighted by molar-refractivity contribution is 0.226. The van der Waals surface area contributed by atoms with Crippen molar-refractivity contribution in [3.05, 3.63) is 29.8 Å². The number of sulfone groups is 1. The molecule has 0 aliphatic rings. The maximum atomic E-state index is 11.6. The molecule has 5 heteroatoms. The molecule has 0 heterocycles. The summed E-state index contributed by atoms with van der Waals surface area (Å²) in [6.45, 7) is 7.12. The maximum Gasteiger partial charge on any atom is 0.151 e. The van der Waals surface area contributed by atoms with Crippen LogP contribution >= 0.6 is 0 Å². The second kappa shape index (κ2) is 6.91. The van der Waals surface area contributed by atoms with E-state index in [1.165, 1.54) is 0 Å². The normalized spacial score (nSPS) is 12.3. The number of rotatable bonds is 7. The second-order valence-electron chi connectivity index (χ2n) is 5.05.